The lowest BCUT2D eigenvalue weighted by Gasteiger charge is -2.18. The van der Waals surface area contributed by atoms with Crippen LogP contribution >= 0.6 is 0 Å². The third-order valence-electron chi connectivity index (χ3n) is 3.57. The van der Waals surface area contributed by atoms with Gasteiger partial charge in [0.1, 0.15) is 13.2 Å². The molecule has 0 atom stereocenters. The molecule has 0 bridgehead atoms. The van der Waals surface area contributed by atoms with Crippen molar-refractivity contribution >= 4 is 11.6 Å². The van der Waals surface area contributed by atoms with Gasteiger partial charge >= 0.3 is 0 Å². The van der Waals surface area contributed by atoms with Crippen LogP contribution in [0.4, 0.5) is 0 Å². The van der Waals surface area contributed by atoms with Crippen molar-refractivity contribution in [3.05, 3.63) is 59.2 Å². The van der Waals surface area contributed by atoms with Crippen LogP contribution in [-0.4, -0.2) is 24.8 Å². The Labute approximate surface area is 134 Å². The van der Waals surface area contributed by atoms with Crippen LogP contribution in [0.1, 0.15) is 28.4 Å². The molecule has 0 fully saturated rings. The first kappa shape index (κ1) is 15.1. The van der Waals surface area contributed by atoms with Gasteiger partial charge in [0.25, 0.3) is 5.91 Å². The highest BCUT2D eigenvalue weighted by atomic mass is 16.6. The summed E-state index contributed by atoms with van der Waals surface area (Å²) in [5.74, 6) is 1.20. The fourth-order valence-electron chi connectivity index (χ4n) is 2.32. The predicted octanol–water partition coefficient (Wildman–Crippen LogP) is 2.92. The zero-order chi connectivity index (χ0) is 16.2. The topological polar surface area (TPSA) is 59.9 Å². The summed E-state index contributed by atoms with van der Waals surface area (Å²) in [5, 5.41) is 4.17. The Bertz CT molecular complexity index is 769. The molecule has 3 rings (SSSR count). The summed E-state index contributed by atoms with van der Waals surface area (Å²) in [6, 6.07) is 13.0. The van der Waals surface area contributed by atoms with E-state index in [0.29, 0.717) is 30.2 Å². The highest BCUT2D eigenvalue weighted by Gasteiger charge is 2.13. The smallest absolute Gasteiger partial charge is 0.271 e. The molecule has 118 valence electrons. The molecule has 0 aliphatic carbocycles. The second-order valence-corrected chi connectivity index (χ2v) is 5.37. The van der Waals surface area contributed by atoms with Gasteiger partial charge in [0, 0.05) is 11.1 Å². The summed E-state index contributed by atoms with van der Waals surface area (Å²) in [7, 11) is 0. The number of nitrogens with zero attached hydrogens (tertiary/aromatic N) is 1. The minimum Gasteiger partial charge on any atom is -0.486 e. The number of aryl methyl sites for hydroxylation is 1. The molecule has 1 N–H and O–H groups in total. The Morgan fingerprint density at radius 3 is 2.61 bits per heavy atom. The molecular formula is C18H18N2O3. The van der Waals surface area contributed by atoms with Crippen molar-refractivity contribution in [1.29, 1.82) is 0 Å². The van der Waals surface area contributed by atoms with Crippen LogP contribution in [0.2, 0.25) is 0 Å². The molecule has 0 spiro atoms. The van der Waals surface area contributed by atoms with Gasteiger partial charge in [-0.2, -0.15) is 5.10 Å². The van der Waals surface area contributed by atoms with Crippen molar-refractivity contribution in [1.82, 2.24) is 5.43 Å². The second kappa shape index (κ2) is 6.52. The van der Waals surface area contributed by atoms with E-state index < -0.39 is 0 Å². The average molecular weight is 310 g/mol. The molecule has 5 nitrogen and oxygen atoms in total. The number of hydrogen-bond donors (Lipinski definition) is 1. The van der Waals surface area contributed by atoms with Gasteiger partial charge in [-0.1, -0.05) is 17.7 Å². The largest absolute Gasteiger partial charge is 0.486 e. The average Bonchev–Trinajstić information content (AvgIpc) is 2.59. The van der Waals surface area contributed by atoms with Gasteiger partial charge in [0.2, 0.25) is 0 Å². The van der Waals surface area contributed by atoms with Gasteiger partial charge in [-0.15, -0.1) is 0 Å². The van der Waals surface area contributed by atoms with E-state index in [4.69, 9.17) is 9.47 Å². The van der Waals surface area contributed by atoms with Gasteiger partial charge < -0.3 is 9.47 Å². The first-order chi connectivity index (χ1) is 11.1. The highest BCUT2D eigenvalue weighted by Crippen LogP contribution is 2.30. The lowest BCUT2D eigenvalue weighted by atomic mass is 10.1. The van der Waals surface area contributed by atoms with Crippen molar-refractivity contribution in [2.24, 2.45) is 5.10 Å². The number of rotatable bonds is 3. The third kappa shape index (κ3) is 3.51. The fraction of sp³-hybridized carbons (Fsp3) is 0.222. The maximum absolute atomic E-state index is 12.1. The van der Waals surface area contributed by atoms with E-state index in [0.717, 1.165) is 16.9 Å². The zero-order valence-electron chi connectivity index (χ0n) is 13.1. The summed E-state index contributed by atoms with van der Waals surface area (Å²) >= 11 is 0. The van der Waals surface area contributed by atoms with Gasteiger partial charge in [0.05, 0.1) is 5.71 Å². The van der Waals surface area contributed by atoms with E-state index in [2.05, 4.69) is 10.5 Å². The Balaban J connectivity index is 1.73. The van der Waals surface area contributed by atoms with Gasteiger partial charge in [-0.3, -0.25) is 4.79 Å². The monoisotopic (exact) mass is 310 g/mol. The lowest BCUT2D eigenvalue weighted by molar-refractivity contribution is 0.0954. The molecule has 0 radical (unpaired) electrons. The maximum Gasteiger partial charge on any atom is 0.271 e. The Hall–Kier alpha value is -2.82. The van der Waals surface area contributed by atoms with Crippen molar-refractivity contribution in [2.45, 2.75) is 13.8 Å². The number of benzene rings is 2. The molecule has 5 heteroatoms. The standard InChI is InChI=1S/C18H18N2O3/c1-12-4-3-5-15(10-12)18(21)20-19-13(2)14-6-7-16-17(11-14)23-9-8-22-16/h3-7,10-11H,8-9H2,1-2H3,(H,20,21)/b19-13+. The van der Waals surface area contributed by atoms with Crippen LogP contribution in [-0.2, 0) is 0 Å². The Morgan fingerprint density at radius 2 is 1.83 bits per heavy atom. The first-order valence-electron chi connectivity index (χ1n) is 7.45. The molecule has 1 aliphatic heterocycles. The zero-order valence-corrected chi connectivity index (χ0v) is 13.1. The van der Waals surface area contributed by atoms with Crippen LogP contribution in [0.5, 0.6) is 11.5 Å². The number of carbonyl (C=O) groups excluding carboxylic acids is 1. The lowest BCUT2D eigenvalue weighted by Crippen LogP contribution is -2.19. The van der Waals surface area contributed by atoms with Gasteiger partial charge in [-0.05, 0) is 44.2 Å². The van der Waals surface area contributed by atoms with E-state index in [1.807, 2.05) is 50.2 Å². The van der Waals surface area contributed by atoms with Gasteiger partial charge in [0.15, 0.2) is 11.5 Å². The third-order valence-corrected chi connectivity index (χ3v) is 3.57. The molecule has 1 heterocycles. The summed E-state index contributed by atoms with van der Waals surface area (Å²) < 4.78 is 11.0. The number of hydrazone groups is 1. The van der Waals surface area contributed by atoms with Crippen molar-refractivity contribution in [3.63, 3.8) is 0 Å². The summed E-state index contributed by atoms with van der Waals surface area (Å²) in [6.45, 7) is 4.88. The second-order valence-electron chi connectivity index (χ2n) is 5.37. The minimum absolute atomic E-state index is 0.231. The van der Waals surface area contributed by atoms with E-state index in [1.165, 1.54) is 0 Å². The molecule has 23 heavy (non-hydrogen) atoms. The van der Waals surface area contributed by atoms with Crippen molar-refractivity contribution in [3.8, 4) is 11.5 Å². The van der Waals surface area contributed by atoms with Crippen molar-refractivity contribution < 1.29 is 14.3 Å². The van der Waals surface area contributed by atoms with Gasteiger partial charge in [-0.25, -0.2) is 5.43 Å². The van der Waals surface area contributed by atoms with Crippen LogP contribution in [0.15, 0.2) is 47.6 Å². The number of nitrogens with one attached hydrogen (secondary N) is 1. The molecule has 0 saturated heterocycles. The van der Waals surface area contributed by atoms with E-state index in [-0.39, 0.29) is 5.91 Å². The minimum atomic E-state index is -0.231. The first-order valence-corrected chi connectivity index (χ1v) is 7.45. The quantitative estimate of drug-likeness (QED) is 0.700. The summed E-state index contributed by atoms with van der Waals surface area (Å²) in [6.07, 6.45) is 0. The Morgan fingerprint density at radius 1 is 1.04 bits per heavy atom. The molecule has 0 aromatic heterocycles. The molecule has 0 unspecified atom stereocenters. The summed E-state index contributed by atoms with van der Waals surface area (Å²) in [5.41, 5.74) is 5.77. The molecule has 0 saturated carbocycles. The number of amides is 1. The van der Waals surface area contributed by atoms with Crippen molar-refractivity contribution in [2.75, 3.05) is 13.2 Å². The molecule has 2 aromatic carbocycles. The normalized spacial score (nSPS) is 13.6. The van der Waals surface area contributed by atoms with E-state index >= 15 is 0 Å². The SMILES string of the molecule is C/C(=N\NC(=O)c1cccc(C)c1)c1ccc2c(c1)OCCO2. The maximum atomic E-state index is 12.1. The molecular weight excluding hydrogens is 292 g/mol. The number of hydrogen-bond acceptors (Lipinski definition) is 4. The van der Waals surface area contributed by atoms with Crippen LogP contribution in [0, 0.1) is 6.92 Å². The van der Waals surface area contributed by atoms with Crippen LogP contribution < -0.4 is 14.9 Å². The number of carbonyl (C=O) groups is 1. The Kier molecular flexibility index (Phi) is 4.28. The molecule has 1 aliphatic rings. The molecule has 2 aromatic rings. The predicted molar refractivity (Wildman–Crippen MR) is 88.3 cm³/mol. The number of fused-ring (bicyclic) bond motifs is 1. The van der Waals surface area contributed by atoms with Crippen LogP contribution in [0.3, 0.4) is 0 Å². The number of ether oxygens (including phenoxy) is 2. The van der Waals surface area contributed by atoms with E-state index in [9.17, 15) is 4.79 Å². The summed E-state index contributed by atoms with van der Waals surface area (Å²) in [4.78, 5) is 12.1. The fourth-order valence-corrected chi connectivity index (χ4v) is 2.32. The van der Waals surface area contributed by atoms with Crippen LogP contribution in [0.25, 0.3) is 0 Å². The van der Waals surface area contributed by atoms with E-state index in [1.54, 1.807) is 6.07 Å². The highest BCUT2D eigenvalue weighted by molar-refractivity contribution is 6.01. The molecule has 1 amide bonds.